The van der Waals surface area contributed by atoms with Crippen molar-refractivity contribution in [3.63, 3.8) is 0 Å². The smallest absolute Gasteiger partial charge is 0.0131 e. The molecule has 0 amide bonds. The molecule has 0 spiro atoms. The Labute approximate surface area is 318 Å². The van der Waals surface area contributed by atoms with Crippen molar-refractivity contribution in [3.05, 3.63) is 204 Å². The van der Waals surface area contributed by atoms with E-state index in [1.807, 2.05) is 13.8 Å². The fraction of sp³-hybridized carbons (Fsp3) is 0.111. The molecule has 0 N–H and O–H groups in total. The van der Waals surface area contributed by atoms with Crippen LogP contribution < -0.4 is 0 Å². The Morgan fingerprint density at radius 3 is 2.02 bits per heavy atom. The van der Waals surface area contributed by atoms with E-state index in [1.54, 1.807) is 0 Å². The average molecular weight is 691 g/mol. The molecule has 0 saturated carbocycles. The summed E-state index contributed by atoms with van der Waals surface area (Å²) in [5.41, 5.74) is 16.0. The molecule has 0 aromatic heterocycles. The standard InChI is InChI=1S/C52H36.C2H6/c1-32-41-12-4-5-14-43(41)46-26-23-38(28-49(32)46)37-20-18-34-22-24-47-48(51(34)30-37)25-21-33-17-19-36(29-50(33)47)35-10-8-11-39(27-35)52-31-40-9-2-3-13-42(40)44-15-6-7-16-45(44)52;1-2/h2-32,34,51H,1H3;1-2H3. The topological polar surface area (TPSA) is 0 Å². The number of hydrogen-bond donors (Lipinski definition) is 0. The highest BCUT2D eigenvalue weighted by Crippen LogP contribution is 2.48. The average Bonchev–Trinajstić information content (AvgIpc) is 3.54. The minimum atomic E-state index is 0.306. The Hall–Kier alpha value is -6.24. The molecule has 3 atom stereocenters. The lowest BCUT2D eigenvalue weighted by Gasteiger charge is -2.30. The van der Waals surface area contributed by atoms with E-state index in [-0.39, 0.29) is 0 Å². The maximum absolute atomic E-state index is 2.52. The van der Waals surface area contributed by atoms with Crippen LogP contribution in [0, 0.1) is 5.92 Å². The summed E-state index contributed by atoms with van der Waals surface area (Å²) < 4.78 is 0. The second-order valence-corrected chi connectivity index (χ2v) is 14.8. The highest BCUT2D eigenvalue weighted by atomic mass is 14.3. The summed E-state index contributed by atoms with van der Waals surface area (Å²) in [4.78, 5) is 0. The molecule has 0 fully saturated rings. The van der Waals surface area contributed by atoms with Gasteiger partial charge in [-0.05, 0) is 123 Å². The number of hydrogen-bond acceptors (Lipinski definition) is 0. The first-order valence-electron chi connectivity index (χ1n) is 19.6. The van der Waals surface area contributed by atoms with Crippen molar-refractivity contribution in [2.75, 3.05) is 0 Å². The van der Waals surface area contributed by atoms with Crippen LogP contribution in [0.3, 0.4) is 0 Å². The van der Waals surface area contributed by atoms with Crippen molar-refractivity contribution in [2.24, 2.45) is 5.92 Å². The van der Waals surface area contributed by atoms with E-state index in [4.69, 9.17) is 0 Å². The molecule has 0 aliphatic heterocycles. The Morgan fingerprint density at radius 1 is 0.407 bits per heavy atom. The molecule has 0 radical (unpaired) electrons. The van der Waals surface area contributed by atoms with Gasteiger partial charge in [0, 0.05) is 17.8 Å². The van der Waals surface area contributed by atoms with E-state index in [2.05, 4.69) is 189 Å². The van der Waals surface area contributed by atoms with Crippen molar-refractivity contribution < 1.29 is 0 Å². The van der Waals surface area contributed by atoms with Gasteiger partial charge in [0.2, 0.25) is 0 Å². The molecule has 54 heavy (non-hydrogen) atoms. The molecule has 8 aromatic carbocycles. The van der Waals surface area contributed by atoms with Crippen LogP contribution in [-0.2, 0) is 0 Å². The van der Waals surface area contributed by atoms with Crippen molar-refractivity contribution in [2.45, 2.75) is 32.6 Å². The maximum atomic E-state index is 2.52. The fourth-order valence-electron chi connectivity index (χ4n) is 9.38. The molecule has 11 rings (SSSR count). The van der Waals surface area contributed by atoms with Crippen LogP contribution in [0.5, 0.6) is 0 Å². The molecule has 0 saturated heterocycles. The van der Waals surface area contributed by atoms with Gasteiger partial charge in [-0.2, -0.15) is 0 Å². The van der Waals surface area contributed by atoms with E-state index in [1.165, 1.54) is 99.1 Å². The lowest BCUT2D eigenvalue weighted by atomic mass is 9.74. The van der Waals surface area contributed by atoms with Gasteiger partial charge in [-0.1, -0.05) is 179 Å². The van der Waals surface area contributed by atoms with Gasteiger partial charge < -0.3 is 0 Å². The summed E-state index contributed by atoms with van der Waals surface area (Å²) in [6.07, 6.45) is 12.1. The van der Waals surface area contributed by atoms with Crippen molar-refractivity contribution >= 4 is 44.0 Å². The first-order valence-corrected chi connectivity index (χ1v) is 19.6. The molecular weight excluding hydrogens is 649 g/mol. The largest absolute Gasteiger partial charge is 0.0761 e. The van der Waals surface area contributed by atoms with Gasteiger partial charge in [-0.25, -0.2) is 0 Å². The van der Waals surface area contributed by atoms with E-state index in [0.29, 0.717) is 17.8 Å². The van der Waals surface area contributed by atoms with E-state index < -0.39 is 0 Å². The van der Waals surface area contributed by atoms with Gasteiger partial charge in [0.25, 0.3) is 0 Å². The number of allylic oxidation sites excluding steroid dienone is 5. The Balaban J connectivity index is 0.00000178. The third-order valence-corrected chi connectivity index (χ3v) is 12.1. The molecular formula is C54H42. The van der Waals surface area contributed by atoms with E-state index in [0.717, 1.165) is 0 Å². The quantitative estimate of drug-likeness (QED) is 0.162. The molecule has 0 nitrogen and oxygen atoms in total. The monoisotopic (exact) mass is 690 g/mol. The van der Waals surface area contributed by atoms with Crippen LogP contribution in [0.15, 0.2) is 176 Å². The lowest BCUT2D eigenvalue weighted by Crippen LogP contribution is -2.15. The summed E-state index contributed by atoms with van der Waals surface area (Å²) in [6.45, 7) is 6.35. The Morgan fingerprint density at radius 2 is 1.11 bits per heavy atom. The first-order chi connectivity index (χ1) is 26.7. The van der Waals surface area contributed by atoms with Crippen molar-refractivity contribution in [1.29, 1.82) is 0 Å². The molecule has 258 valence electrons. The molecule has 3 aliphatic carbocycles. The minimum absolute atomic E-state index is 0.306. The molecule has 0 bridgehead atoms. The van der Waals surface area contributed by atoms with Crippen LogP contribution in [0.25, 0.3) is 77.3 Å². The third kappa shape index (κ3) is 5.12. The molecule has 0 heteroatoms. The normalized spacial score (nSPS) is 17.7. The van der Waals surface area contributed by atoms with E-state index >= 15 is 0 Å². The predicted molar refractivity (Wildman–Crippen MR) is 233 cm³/mol. The lowest BCUT2D eigenvalue weighted by molar-refractivity contribution is 0.696. The van der Waals surface area contributed by atoms with Gasteiger partial charge in [-0.15, -0.1) is 0 Å². The highest BCUT2D eigenvalue weighted by Gasteiger charge is 2.29. The van der Waals surface area contributed by atoms with E-state index in [9.17, 15) is 0 Å². The summed E-state index contributed by atoms with van der Waals surface area (Å²) in [6, 6.07) is 56.7. The maximum Gasteiger partial charge on any atom is 0.0131 e. The van der Waals surface area contributed by atoms with Gasteiger partial charge in [0.15, 0.2) is 0 Å². The van der Waals surface area contributed by atoms with Gasteiger partial charge in [0.1, 0.15) is 0 Å². The first kappa shape index (κ1) is 32.4. The van der Waals surface area contributed by atoms with Crippen molar-refractivity contribution in [3.8, 4) is 33.4 Å². The van der Waals surface area contributed by atoms with Gasteiger partial charge in [0.05, 0.1) is 0 Å². The van der Waals surface area contributed by atoms with Crippen LogP contribution in [0.2, 0.25) is 0 Å². The number of fused-ring (bicyclic) bond motifs is 11. The summed E-state index contributed by atoms with van der Waals surface area (Å²) >= 11 is 0. The molecule has 3 aliphatic rings. The van der Waals surface area contributed by atoms with Gasteiger partial charge in [-0.3, -0.25) is 0 Å². The van der Waals surface area contributed by atoms with Crippen molar-refractivity contribution in [1.82, 2.24) is 0 Å². The summed E-state index contributed by atoms with van der Waals surface area (Å²) in [5.74, 6) is 1.09. The van der Waals surface area contributed by atoms with Crippen LogP contribution >= 0.6 is 0 Å². The zero-order valence-corrected chi connectivity index (χ0v) is 31.1. The van der Waals surface area contributed by atoms with Crippen LogP contribution in [-0.4, -0.2) is 0 Å². The second kappa shape index (κ2) is 13.0. The van der Waals surface area contributed by atoms with Gasteiger partial charge >= 0.3 is 0 Å². The zero-order valence-electron chi connectivity index (χ0n) is 31.1. The zero-order chi connectivity index (χ0) is 36.3. The third-order valence-electron chi connectivity index (χ3n) is 12.1. The summed E-state index contributed by atoms with van der Waals surface area (Å²) in [7, 11) is 0. The van der Waals surface area contributed by atoms with Crippen LogP contribution in [0.4, 0.5) is 0 Å². The molecule has 0 heterocycles. The molecule has 8 aromatic rings. The Bertz CT molecular complexity index is 2880. The number of rotatable bonds is 3. The minimum Gasteiger partial charge on any atom is -0.0761 e. The molecule has 3 unspecified atom stereocenters. The second-order valence-electron chi connectivity index (χ2n) is 14.8. The highest BCUT2D eigenvalue weighted by molar-refractivity contribution is 6.14. The summed E-state index contributed by atoms with van der Waals surface area (Å²) in [5, 5.41) is 7.77. The van der Waals surface area contributed by atoms with Crippen LogP contribution in [0.1, 0.15) is 60.4 Å². The fourth-order valence-corrected chi connectivity index (χ4v) is 9.38. The number of benzene rings is 8. The SMILES string of the molecule is CC.CC1c2ccccc2-c2ccc(C3=CC4c5ccc6ccc(-c7cccc(-c8cc9ccccc9c9ccccc89)c7)cc6c5C=CC4C=C3)cc21. The predicted octanol–water partition coefficient (Wildman–Crippen LogP) is 15.0. The Kier molecular flexibility index (Phi) is 7.81.